The van der Waals surface area contributed by atoms with Crippen LogP contribution in [0.15, 0.2) is 24.3 Å². The van der Waals surface area contributed by atoms with Crippen LogP contribution < -0.4 is 10.1 Å². The highest BCUT2D eigenvalue weighted by Gasteiger charge is 2.44. The minimum atomic E-state index is -0.244. The van der Waals surface area contributed by atoms with E-state index in [0.29, 0.717) is 24.3 Å². The molecule has 29 heavy (non-hydrogen) atoms. The Balaban J connectivity index is 1.26. The van der Waals surface area contributed by atoms with Gasteiger partial charge < -0.3 is 15.0 Å². The number of amides is 2. The molecule has 1 spiro atoms. The molecule has 2 amide bonds. The fourth-order valence-corrected chi connectivity index (χ4v) is 5.16. The summed E-state index contributed by atoms with van der Waals surface area (Å²) in [4.78, 5) is 27.2. The van der Waals surface area contributed by atoms with Crippen LogP contribution in [0.4, 0.5) is 0 Å². The number of piperidine rings is 1. The largest absolute Gasteiger partial charge is 0.487 e. The highest BCUT2D eigenvalue weighted by Crippen LogP contribution is 2.46. The fraction of sp³-hybridized carbons (Fsp3) is 0.667. The zero-order valence-electron chi connectivity index (χ0n) is 17.2. The number of benzene rings is 1. The number of para-hydroxylation sites is 1. The lowest BCUT2D eigenvalue weighted by molar-refractivity contribution is -0.135. The van der Waals surface area contributed by atoms with Crippen LogP contribution in [0.2, 0.25) is 0 Å². The summed E-state index contributed by atoms with van der Waals surface area (Å²) >= 11 is 0. The zero-order valence-corrected chi connectivity index (χ0v) is 17.2. The van der Waals surface area contributed by atoms with Gasteiger partial charge in [-0.2, -0.15) is 0 Å². The van der Waals surface area contributed by atoms with Crippen molar-refractivity contribution >= 4 is 11.8 Å². The van der Waals surface area contributed by atoms with E-state index in [1.54, 1.807) is 0 Å². The maximum atomic E-state index is 12.6. The molecule has 2 heterocycles. The van der Waals surface area contributed by atoms with E-state index in [0.717, 1.165) is 62.9 Å². The van der Waals surface area contributed by atoms with Gasteiger partial charge in [-0.25, -0.2) is 0 Å². The Labute approximate surface area is 173 Å². The number of ether oxygens (including phenoxy) is 1. The van der Waals surface area contributed by atoms with E-state index in [1.165, 1.54) is 19.3 Å². The maximum absolute atomic E-state index is 12.6. The molecule has 3 fully saturated rings. The van der Waals surface area contributed by atoms with E-state index in [4.69, 9.17) is 4.74 Å². The molecule has 0 radical (unpaired) electrons. The second kappa shape index (κ2) is 7.66. The third kappa shape index (κ3) is 4.15. The summed E-state index contributed by atoms with van der Waals surface area (Å²) in [6.07, 6.45) is 9.73. The molecular formula is C24H32N2O3. The smallest absolute Gasteiger partial charge is 0.222 e. The average molecular weight is 397 g/mol. The van der Waals surface area contributed by atoms with Gasteiger partial charge in [0, 0.05) is 50.7 Å². The molecular weight excluding hydrogens is 364 g/mol. The summed E-state index contributed by atoms with van der Waals surface area (Å²) in [6.45, 7) is 1.55. The Morgan fingerprint density at radius 1 is 1.07 bits per heavy atom. The number of hydrogen-bond acceptors (Lipinski definition) is 3. The predicted octanol–water partition coefficient (Wildman–Crippen LogP) is 3.77. The van der Waals surface area contributed by atoms with Crippen molar-refractivity contribution in [1.29, 1.82) is 0 Å². The fourth-order valence-electron chi connectivity index (χ4n) is 5.16. The van der Waals surface area contributed by atoms with Crippen molar-refractivity contribution in [3.8, 4) is 5.75 Å². The number of nitrogens with one attached hydrogen (secondary N) is 1. The number of hydrogen-bond donors (Lipinski definition) is 1. The summed E-state index contributed by atoms with van der Waals surface area (Å²) in [6, 6.07) is 8.58. The van der Waals surface area contributed by atoms with E-state index in [2.05, 4.69) is 11.4 Å². The summed E-state index contributed by atoms with van der Waals surface area (Å²) in [5.41, 5.74) is 0.917. The van der Waals surface area contributed by atoms with Crippen molar-refractivity contribution in [2.75, 3.05) is 13.1 Å². The molecule has 5 heteroatoms. The van der Waals surface area contributed by atoms with Gasteiger partial charge in [0.2, 0.25) is 11.8 Å². The normalized spacial score (nSPS) is 25.7. The summed E-state index contributed by atoms with van der Waals surface area (Å²) in [7, 11) is 0. The predicted molar refractivity (Wildman–Crippen MR) is 111 cm³/mol. The summed E-state index contributed by atoms with van der Waals surface area (Å²) in [5, 5.41) is 3.20. The first-order valence-electron chi connectivity index (χ1n) is 11.5. The van der Waals surface area contributed by atoms with Crippen LogP contribution in [0.25, 0.3) is 0 Å². The van der Waals surface area contributed by atoms with Crippen LogP contribution in [0, 0.1) is 5.92 Å². The van der Waals surface area contributed by atoms with Crippen molar-refractivity contribution in [2.24, 2.45) is 5.92 Å². The first-order valence-corrected chi connectivity index (χ1v) is 11.5. The Bertz CT molecular complexity index is 776. The van der Waals surface area contributed by atoms with E-state index in [1.807, 2.05) is 23.1 Å². The van der Waals surface area contributed by atoms with Gasteiger partial charge in [0.1, 0.15) is 11.4 Å². The topological polar surface area (TPSA) is 58.6 Å². The molecule has 156 valence electrons. The van der Waals surface area contributed by atoms with Crippen LogP contribution in [0.3, 0.4) is 0 Å². The van der Waals surface area contributed by atoms with E-state index < -0.39 is 0 Å². The number of rotatable bonds is 5. The van der Waals surface area contributed by atoms with Crippen LogP contribution in [0.5, 0.6) is 5.75 Å². The van der Waals surface area contributed by atoms with Gasteiger partial charge in [0.05, 0.1) is 0 Å². The standard InChI is InChI=1S/C24H32N2O3/c27-22(25-19-4-3-5-19)15-18-16-24(29-21-7-2-1-6-20(18)21)10-12-26(13-11-24)23(28)14-17-8-9-17/h1-2,6-7,17-19H,3-5,8-16H2,(H,25,27)/t18-/m0/s1. The zero-order chi connectivity index (χ0) is 19.8. The number of carbonyl (C=O) groups excluding carboxylic acids is 2. The lowest BCUT2D eigenvalue weighted by Crippen LogP contribution is -2.52. The second-order valence-corrected chi connectivity index (χ2v) is 9.65. The van der Waals surface area contributed by atoms with Crippen molar-refractivity contribution in [1.82, 2.24) is 10.2 Å². The van der Waals surface area contributed by atoms with Gasteiger partial charge in [-0.3, -0.25) is 9.59 Å². The number of nitrogens with zero attached hydrogens (tertiary/aromatic N) is 1. The molecule has 2 aliphatic carbocycles. The summed E-state index contributed by atoms with van der Waals surface area (Å²) in [5.74, 6) is 2.24. The molecule has 2 saturated carbocycles. The average Bonchev–Trinajstić information content (AvgIpc) is 3.49. The van der Waals surface area contributed by atoms with E-state index in [-0.39, 0.29) is 17.4 Å². The summed E-state index contributed by atoms with van der Waals surface area (Å²) < 4.78 is 6.54. The van der Waals surface area contributed by atoms with Crippen LogP contribution >= 0.6 is 0 Å². The Kier molecular flexibility index (Phi) is 5.00. The molecule has 0 unspecified atom stereocenters. The van der Waals surface area contributed by atoms with Gasteiger partial charge in [-0.1, -0.05) is 18.2 Å². The number of fused-ring (bicyclic) bond motifs is 1. The molecule has 5 rings (SSSR count). The van der Waals surface area contributed by atoms with Gasteiger partial charge in [-0.15, -0.1) is 0 Å². The van der Waals surface area contributed by atoms with Gasteiger partial charge >= 0.3 is 0 Å². The minimum Gasteiger partial charge on any atom is -0.487 e. The Hall–Kier alpha value is -2.04. The first-order chi connectivity index (χ1) is 14.1. The Morgan fingerprint density at radius 2 is 1.83 bits per heavy atom. The molecule has 1 saturated heterocycles. The van der Waals surface area contributed by atoms with Gasteiger partial charge in [0.25, 0.3) is 0 Å². The third-order valence-electron chi connectivity index (χ3n) is 7.39. The van der Waals surface area contributed by atoms with Crippen molar-refractivity contribution in [3.63, 3.8) is 0 Å². The lowest BCUT2D eigenvalue weighted by atomic mass is 9.76. The lowest BCUT2D eigenvalue weighted by Gasteiger charge is -2.47. The van der Waals surface area contributed by atoms with Crippen LogP contribution in [-0.4, -0.2) is 41.4 Å². The van der Waals surface area contributed by atoms with Gasteiger partial charge in [-0.05, 0) is 56.1 Å². The number of likely N-dealkylation sites (tertiary alicyclic amines) is 1. The highest BCUT2D eigenvalue weighted by molar-refractivity contribution is 5.78. The molecule has 0 aromatic heterocycles. The molecule has 5 nitrogen and oxygen atoms in total. The molecule has 4 aliphatic rings. The number of carbonyl (C=O) groups is 2. The van der Waals surface area contributed by atoms with Crippen LogP contribution in [0.1, 0.15) is 75.7 Å². The van der Waals surface area contributed by atoms with Crippen molar-refractivity contribution in [2.45, 2.75) is 81.8 Å². The van der Waals surface area contributed by atoms with E-state index in [9.17, 15) is 9.59 Å². The molecule has 0 bridgehead atoms. The first kappa shape index (κ1) is 19.0. The molecule has 2 aliphatic heterocycles. The monoisotopic (exact) mass is 396 g/mol. The third-order valence-corrected chi connectivity index (χ3v) is 7.39. The molecule has 1 aromatic rings. The van der Waals surface area contributed by atoms with E-state index >= 15 is 0 Å². The van der Waals surface area contributed by atoms with Crippen LogP contribution in [-0.2, 0) is 9.59 Å². The maximum Gasteiger partial charge on any atom is 0.222 e. The quantitative estimate of drug-likeness (QED) is 0.824. The molecule has 1 aromatic carbocycles. The SMILES string of the molecule is O=C(C[C@H]1CC2(CCN(C(=O)CC3CC3)CC2)Oc2ccccc21)NC1CCC1. The second-order valence-electron chi connectivity index (χ2n) is 9.65. The Morgan fingerprint density at radius 3 is 2.52 bits per heavy atom. The highest BCUT2D eigenvalue weighted by atomic mass is 16.5. The van der Waals surface area contributed by atoms with Crippen molar-refractivity contribution < 1.29 is 14.3 Å². The molecule has 1 N–H and O–H groups in total. The van der Waals surface area contributed by atoms with Gasteiger partial charge in [0.15, 0.2) is 0 Å². The van der Waals surface area contributed by atoms with Crippen molar-refractivity contribution in [3.05, 3.63) is 29.8 Å². The minimum absolute atomic E-state index is 0.170. The molecule has 1 atom stereocenters.